The van der Waals surface area contributed by atoms with Gasteiger partial charge in [-0.3, -0.25) is 9.59 Å². The van der Waals surface area contributed by atoms with E-state index in [9.17, 15) is 19.5 Å². The maximum Gasteiger partial charge on any atom is 0.408 e. The molecule has 0 bridgehead atoms. The number of carbonyl (C=O) groups excluding carboxylic acids is 3. The van der Waals surface area contributed by atoms with Crippen LogP contribution in [0.3, 0.4) is 0 Å². The maximum absolute atomic E-state index is 13.3. The van der Waals surface area contributed by atoms with Gasteiger partial charge in [0.2, 0.25) is 11.8 Å². The predicted molar refractivity (Wildman–Crippen MR) is 120 cm³/mol. The molecule has 0 aliphatic carbocycles. The highest BCUT2D eigenvalue weighted by molar-refractivity contribution is 5.92. The molecular formula is C23H37N3O5. The van der Waals surface area contributed by atoms with Crippen LogP contribution in [-0.2, 0) is 14.3 Å². The van der Waals surface area contributed by atoms with Crippen LogP contribution in [0.4, 0.5) is 4.79 Å². The molecule has 174 valence electrons. The lowest BCUT2D eigenvalue weighted by Crippen LogP contribution is -2.54. The van der Waals surface area contributed by atoms with Crippen molar-refractivity contribution in [2.45, 2.75) is 85.0 Å². The Morgan fingerprint density at radius 3 is 2.26 bits per heavy atom. The zero-order chi connectivity index (χ0) is 23.8. The number of amides is 3. The van der Waals surface area contributed by atoms with Crippen LogP contribution >= 0.6 is 0 Å². The Kier molecular flexibility index (Phi) is 9.81. The van der Waals surface area contributed by atoms with Crippen molar-refractivity contribution in [1.82, 2.24) is 15.5 Å². The number of ether oxygens (including phenoxy) is 1. The molecule has 1 aromatic rings. The molecule has 8 nitrogen and oxygen atoms in total. The highest BCUT2D eigenvalue weighted by atomic mass is 16.6. The number of benzene rings is 1. The number of alkyl carbamates (subject to hydrolysis) is 1. The van der Waals surface area contributed by atoms with Gasteiger partial charge in [-0.25, -0.2) is 4.79 Å². The number of hydrogen-bond donors (Lipinski definition) is 3. The Labute approximate surface area is 185 Å². The fraction of sp³-hybridized carbons (Fsp3) is 0.609. The van der Waals surface area contributed by atoms with E-state index in [4.69, 9.17) is 4.74 Å². The molecule has 0 radical (unpaired) electrons. The second-order valence-electron chi connectivity index (χ2n) is 8.81. The van der Waals surface area contributed by atoms with E-state index in [2.05, 4.69) is 10.6 Å². The minimum absolute atomic E-state index is 0.0793. The van der Waals surface area contributed by atoms with Crippen LogP contribution < -0.4 is 10.6 Å². The summed E-state index contributed by atoms with van der Waals surface area (Å²) in [5.74, 6) is -0.925. The molecule has 0 saturated carbocycles. The van der Waals surface area contributed by atoms with Gasteiger partial charge in [0.25, 0.3) is 0 Å². The van der Waals surface area contributed by atoms with E-state index in [0.29, 0.717) is 12.1 Å². The molecule has 0 spiro atoms. The third kappa shape index (κ3) is 8.11. The van der Waals surface area contributed by atoms with Crippen molar-refractivity contribution in [1.29, 1.82) is 0 Å². The monoisotopic (exact) mass is 435 g/mol. The summed E-state index contributed by atoms with van der Waals surface area (Å²) in [6.07, 6.45) is 0.986. The summed E-state index contributed by atoms with van der Waals surface area (Å²) < 4.78 is 5.24. The standard InChI is InChI=1S/C23H37N3O5/c1-8-9-14-24-20(28)19(17-12-10-11-13-18(17)27)26(15(2)3)21(29)16(4)25-22(30)31-23(5,6)7/h10-13,15-16,19,27H,8-9,14H2,1-7H3,(H,24,28)(H,25,30). The lowest BCUT2D eigenvalue weighted by molar-refractivity contribution is -0.144. The quantitative estimate of drug-likeness (QED) is 0.515. The first-order chi connectivity index (χ1) is 14.4. The molecule has 0 fully saturated rings. The Bertz CT molecular complexity index is 758. The second-order valence-corrected chi connectivity index (χ2v) is 8.81. The van der Waals surface area contributed by atoms with Gasteiger partial charge in [0.05, 0.1) is 0 Å². The Balaban J connectivity index is 3.23. The van der Waals surface area contributed by atoms with Gasteiger partial charge in [0.15, 0.2) is 0 Å². The predicted octanol–water partition coefficient (Wildman–Crippen LogP) is 3.50. The van der Waals surface area contributed by atoms with E-state index in [1.54, 1.807) is 59.7 Å². The van der Waals surface area contributed by atoms with Crippen molar-refractivity contribution < 1.29 is 24.2 Å². The zero-order valence-corrected chi connectivity index (χ0v) is 19.7. The number of nitrogens with zero attached hydrogens (tertiary/aromatic N) is 1. The molecule has 1 aromatic carbocycles. The minimum Gasteiger partial charge on any atom is -0.508 e. The van der Waals surface area contributed by atoms with Crippen molar-refractivity contribution in [3.8, 4) is 5.75 Å². The van der Waals surface area contributed by atoms with Crippen molar-refractivity contribution in [3.05, 3.63) is 29.8 Å². The zero-order valence-electron chi connectivity index (χ0n) is 19.7. The van der Waals surface area contributed by atoms with Crippen molar-refractivity contribution >= 4 is 17.9 Å². The molecule has 3 N–H and O–H groups in total. The van der Waals surface area contributed by atoms with Crippen LogP contribution in [0, 0.1) is 0 Å². The number of aromatic hydroxyl groups is 1. The summed E-state index contributed by atoms with van der Waals surface area (Å²) in [5.41, 5.74) is -0.384. The molecule has 0 aliphatic heterocycles. The topological polar surface area (TPSA) is 108 Å². The molecule has 8 heteroatoms. The van der Waals surface area contributed by atoms with Crippen LogP contribution in [0.5, 0.6) is 5.75 Å². The number of phenols is 1. The largest absolute Gasteiger partial charge is 0.508 e. The van der Waals surface area contributed by atoms with Gasteiger partial charge in [-0.15, -0.1) is 0 Å². The smallest absolute Gasteiger partial charge is 0.408 e. The third-order valence-corrected chi connectivity index (χ3v) is 4.50. The van der Waals surface area contributed by atoms with Gasteiger partial charge >= 0.3 is 6.09 Å². The fourth-order valence-corrected chi connectivity index (χ4v) is 3.07. The Hall–Kier alpha value is -2.77. The van der Waals surface area contributed by atoms with Gasteiger partial charge in [0, 0.05) is 18.2 Å². The number of carbonyl (C=O) groups is 3. The third-order valence-electron chi connectivity index (χ3n) is 4.50. The van der Waals surface area contributed by atoms with E-state index in [-0.39, 0.29) is 17.7 Å². The van der Waals surface area contributed by atoms with Gasteiger partial charge in [-0.2, -0.15) is 0 Å². The van der Waals surface area contributed by atoms with E-state index in [1.165, 1.54) is 11.0 Å². The minimum atomic E-state index is -1.05. The molecule has 0 saturated heterocycles. The van der Waals surface area contributed by atoms with Gasteiger partial charge in [-0.05, 0) is 54.0 Å². The Morgan fingerprint density at radius 1 is 1.13 bits per heavy atom. The first-order valence-corrected chi connectivity index (χ1v) is 10.8. The number of para-hydroxylation sites is 1. The molecule has 2 atom stereocenters. The van der Waals surface area contributed by atoms with Gasteiger partial charge in [-0.1, -0.05) is 31.5 Å². The highest BCUT2D eigenvalue weighted by Crippen LogP contribution is 2.31. The molecule has 0 aromatic heterocycles. The molecule has 31 heavy (non-hydrogen) atoms. The number of hydrogen-bond acceptors (Lipinski definition) is 5. The van der Waals surface area contributed by atoms with Crippen LogP contribution in [0.25, 0.3) is 0 Å². The fourth-order valence-electron chi connectivity index (χ4n) is 3.07. The summed E-state index contributed by atoms with van der Waals surface area (Å²) in [7, 11) is 0. The van der Waals surface area contributed by atoms with Crippen LogP contribution in [-0.4, -0.2) is 52.1 Å². The summed E-state index contributed by atoms with van der Waals surface area (Å²) in [6.45, 7) is 12.8. The van der Waals surface area contributed by atoms with Gasteiger partial charge in [0.1, 0.15) is 23.4 Å². The first kappa shape index (κ1) is 26.3. The molecule has 2 unspecified atom stereocenters. The number of unbranched alkanes of at least 4 members (excludes halogenated alkanes) is 1. The summed E-state index contributed by atoms with van der Waals surface area (Å²) in [6, 6.07) is 4.09. The van der Waals surface area contributed by atoms with E-state index in [1.807, 2.05) is 6.92 Å². The first-order valence-electron chi connectivity index (χ1n) is 10.8. The van der Waals surface area contributed by atoms with Crippen molar-refractivity contribution in [2.24, 2.45) is 0 Å². The van der Waals surface area contributed by atoms with Crippen LogP contribution in [0.1, 0.15) is 72.9 Å². The average molecular weight is 436 g/mol. The van der Waals surface area contributed by atoms with Crippen LogP contribution in [0.2, 0.25) is 0 Å². The number of phenolic OH excluding ortho intramolecular Hbond substituents is 1. The molecule has 1 rings (SSSR count). The summed E-state index contributed by atoms with van der Waals surface area (Å²) >= 11 is 0. The Morgan fingerprint density at radius 2 is 1.74 bits per heavy atom. The summed E-state index contributed by atoms with van der Waals surface area (Å²) in [4.78, 5) is 40.0. The van der Waals surface area contributed by atoms with Crippen LogP contribution in [0.15, 0.2) is 24.3 Å². The highest BCUT2D eigenvalue weighted by Gasteiger charge is 2.37. The summed E-state index contributed by atoms with van der Waals surface area (Å²) in [5, 5.41) is 15.8. The average Bonchev–Trinajstić information content (AvgIpc) is 2.64. The second kappa shape index (κ2) is 11.6. The van der Waals surface area contributed by atoms with E-state index >= 15 is 0 Å². The SMILES string of the molecule is CCCCNC(=O)C(c1ccccc1O)N(C(=O)C(C)NC(=O)OC(C)(C)C)C(C)C. The maximum atomic E-state index is 13.3. The lowest BCUT2D eigenvalue weighted by Gasteiger charge is -2.36. The number of nitrogens with one attached hydrogen (secondary N) is 2. The molecule has 0 heterocycles. The number of rotatable bonds is 9. The van der Waals surface area contributed by atoms with Crippen molar-refractivity contribution in [3.63, 3.8) is 0 Å². The molecule has 0 aliphatic rings. The van der Waals surface area contributed by atoms with Gasteiger partial charge < -0.3 is 25.4 Å². The van der Waals surface area contributed by atoms with E-state index in [0.717, 1.165) is 12.8 Å². The lowest BCUT2D eigenvalue weighted by atomic mass is 10.00. The molecule has 3 amide bonds. The normalized spacial score (nSPS) is 13.3. The molecular weight excluding hydrogens is 398 g/mol. The van der Waals surface area contributed by atoms with Crippen molar-refractivity contribution in [2.75, 3.05) is 6.54 Å². The van der Waals surface area contributed by atoms with E-state index < -0.39 is 29.7 Å².